The molecule has 0 N–H and O–H groups in total. The third kappa shape index (κ3) is 4.85. The molecule has 10 aromatic rings. The number of aromatic nitrogens is 5. The zero-order valence-corrected chi connectivity index (χ0v) is 34.2. The van der Waals surface area contributed by atoms with Gasteiger partial charge in [-0.25, -0.2) is 15.0 Å². The number of benzene rings is 7. The van der Waals surface area contributed by atoms with Gasteiger partial charge in [0.05, 0.1) is 27.8 Å². The van der Waals surface area contributed by atoms with Crippen LogP contribution in [0.5, 0.6) is 11.5 Å². The Morgan fingerprint density at radius 3 is 1.98 bits per heavy atom. The molecule has 0 saturated carbocycles. The molecule has 1 aliphatic carbocycles. The number of para-hydroxylation sites is 5. The molecular weight excluding hydrogens is 735 g/mol. The topological polar surface area (TPSA) is 57.2 Å². The van der Waals surface area contributed by atoms with Crippen molar-refractivity contribution in [2.24, 2.45) is 0 Å². The van der Waals surface area contributed by atoms with E-state index in [2.05, 4.69) is 194 Å². The van der Waals surface area contributed by atoms with Crippen molar-refractivity contribution in [2.45, 2.75) is 45.4 Å². The first-order valence-electron chi connectivity index (χ1n) is 20.7. The highest BCUT2D eigenvalue weighted by molar-refractivity contribution is 6.03. The van der Waals surface area contributed by atoms with E-state index < -0.39 is 0 Å². The summed E-state index contributed by atoms with van der Waals surface area (Å²) in [4.78, 5) is 14.5. The maximum atomic E-state index is 7.18. The van der Waals surface area contributed by atoms with Crippen LogP contribution in [-0.4, -0.2) is 23.9 Å². The van der Waals surface area contributed by atoms with E-state index in [4.69, 9.17) is 14.7 Å². The second-order valence-corrected chi connectivity index (χ2v) is 17.7. The normalized spacial score (nSPS) is 13.7. The Morgan fingerprint density at radius 2 is 1.20 bits per heavy atom. The van der Waals surface area contributed by atoms with Crippen molar-refractivity contribution in [3.8, 4) is 73.0 Å². The van der Waals surface area contributed by atoms with Crippen molar-refractivity contribution in [1.29, 1.82) is 0 Å². The summed E-state index contributed by atoms with van der Waals surface area (Å²) in [5.41, 5.74) is 19.5. The minimum atomic E-state index is -0.380. The number of ether oxygens (including phenoxy) is 1. The van der Waals surface area contributed by atoms with E-state index in [0.717, 1.165) is 95.2 Å². The molecule has 4 heterocycles. The zero-order valence-electron chi connectivity index (χ0n) is 34.2. The molecule has 2 aliphatic rings. The van der Waals surface area contributed by atoms with E-state index in [1.54, 1.807) is 6.33 Å². The standard InChI is InChI=1S/C54H41N5O/c1-53(2,3)43-29-39-33-15-6-7-16-34(33)41-30-55-31-56-50(41)36-18-9-8-17-35(36)38(39)28-40(43)37-19-14-20-42-51(37)60-49-26-25-32(27-44(49)54(42,4)5)58-47-23-12-13-24-48(47)59-46-22-11-10-21-45(46)57-52(58)59/h6-31H,1-5H3. The Hall–Kier alpha value is -7.31. The minimum Gasteiger partial charge on any atom is -0.456 e. The van der Waals surface area contributed by atoms with E-state index in [0.29, 0.717) is 0 Å². The van der Waals surface area contributed by atoms with E-state index in [9.17, 15) is 0 Å². The van der Waals surface area contributed by atoms with Crippen LogP contribution in [-0.2, 0) is 10.8 Å². The van der Waals surface area contributed by atoms with E-state index in [1.807, 2.05) is 6.20 Å². The smallest absolute Gasteiger partial charge is 0.220 e. The molecule has 0 bridgehead atoms. The molecule has 288 valence electrons. The van der Waals surface area contributed by atoms with Crippen LogP contribution in [0, 0.1) is 0 Å². The lowest BCUT2D eigenvalue weighted by Crippen LogP contribution is -2.25. The second-order valence-electron chi connectivity index (χ2n) is 17.7. The van der Waals surface area contributed by atoms with Gasteiger partial charge in [0, 0.05) is 45.1 Å². The van der Waals surface area contributed by atoms with Gasteiger partial charge >= 0.3 is 0 Å². The number of hydrogen-bond donors (Lipinski definition) is 0. The summed E-state index contributed by atoms with van der Waals surface area (Å²) in [6.07, 6.45) is 3.62. The fraction of sp³-hybridized carbons (Fsp3) is 0.130. The van der Waals surface area contributed by atoms with Crippen LogP contribution >= 0.6 is 0 Å². The van der Waals surface area contributed by atoms with Gasteiger partial charge in [-0.05, 0) is 99.0 Å². The van der Waals surface area contributed by atoms with Gasteiger partial charge in [-0.2, -0.15) is 0 Å². The highest BCUT2D eigenvalue weighted by Crippen LogP contribution is 2.55. The Bertz CT molecular complexity index is 3430. The van der Waals surface area contributed by atoms with Crippen LogP contribution in [0.1, 0.15) is 51.3 Å². The quantitative estimate of drug-likeness (QED) is 0.175. The summed E-state index contributed by atoms with van der Waals surface area (Å²) in [5.74, 6) is 2.66. The minimum absolute atomic E-state index is 0.190. The van der Waals surface area contributed by atoms with Crippen molar-refractivity contribution in [2.75, 3.05) is 0 Å². The molecule has 0 spiro atoms. The molecule has 6 heteroatoms. The number of rotatable bonds is 2. The Labute approximate surface area is 348 Å². The zero-order chi connectivity index (χ0) is 40.5. The fourth-order valence-electron chi connectivity index (χ4n) is 9.95. The third-order valence-electron chi connectivity index (χ3n) is 12.8. The third-order valence-corrected chi connectivity index (χ3v) is 12.8. The molecule has 60 heavy (non-hydrogen) atoms. The van der Waals surface area contributed by atoms with Crippen molar-refractivity contribution in [3.63, 3.8) is 0 Å². The fourth-order valence-corrected chi connectivity index (χ4v) is 9.95. The van der Waals surface area contributed by atoms with Crippen molar-refractivity contribution in [3.05, 3.63) is 175 Å². The average Bonchev–Trinajstić information content (AvgIpc) is 3.80. The summed E-state index contributed by atoms with van der Waals surface area (Å²) < 4.78 is 11.7. The monoisotopic (exact) mass is 775 g/mol. The van der Waals surface area contributed by atoms with E-state index in [-0.39, 0.29) is 10.8 Å². The highest BCUT2D eigenvalue weighted by atomic mass is 16.5. The molecule has 0 atom stereocenters. The van der Waals surface area contributed by atoms with Crippen LogP contribution in [0.25, 0.3) is 89.3 Å². The second kappa shape index (κ2) is 12.4. The van der Waals surface area contributed by atoms with Gasteiger partial charge < -0.3 is 4.74 Å². The molecule has 6 nitrogen and oxygen atoms in total. The molecule has 3 aromatic heterocycles. The molecule has 0 amide bonds. The number of fused-ring (bicyclic) bond motifs is 15. The van der Waals surface area contributed by atoms with Crippen LogP contribution in [0.4, 0.5) is 0 Å². The highest BCUT2D eigenvalue weighted by Gasteiger charge is 2.37. The van der Waals surface area contributed by atoms with Crippen molar-refractivity contribution < 1.29 is 4.74 Å². The van der Waals surface area contributed by atoms with Gasteiger partial charge in [0.25, 0.3) is 0 Å². The Morgan fingerprint density at radius 1 is 0.550 bits per heavy atom. The van der Waals surface area contributed by atoms with Gasteiger partial charge in [0.1, 0.15) is 17.8 Å². The van der Waals surface area contributed by atoms with Gasteiger partial charge in [-0.3, -0.25) is 8.97 Å². The summed E-state index contributed by atoms with van der Waals surface area (Å²) in [6, 6.07) is 52.4. The number of nitrogens with zero attached hydrogens (tertiary/aromatic N) is 5. The Kier molecular flexibility index (Phi) is 7.15. The van der Waals surface area contributed by atoms with Gasteiger partial charge in [0.15, 0.2) is 0 Å². The summed E-state index contributed by atoms with van der Waals surface area (Å²) in [7, 11) is 0. The van der Waals surface area contributed by atoms with Crippen LogP contribution in [0.15, 0.2) is 158 Å². The van der Waals surface area contributed by atoms with Crippen molar-refractivity contribution in [1.82, 2.24) is 23.9 Å². The van der Waals surface area contributed by atoms with Crippen LogP contribution in [0.3, 0.4) is 0 Å². The first-order valence-corrected chi connectivity index (χ1v) is 20.7. The predicted molar refractivity (Wildman–Crippen MR) is 243 cm³/mol. The number of imidazole rings is 2. The maximum absolute atomic E-state index is 7.18. The average molecular weight is 776 g/mol. The van der Waals surface area contributed by atoms with Gasteiger partial charge in [-0.15, -0.1) is 0 Å². The first kappa shape index (κ1) is 34.7. The Balaban J connectivity index is 1.06. The molecule has 0 radical (unpaired) electrons. The molecule has 0 saturated heterocycles. The van der Waals surface area contributed by atoms with Crippen LogP contribution in [0.2, 0.25) is 0 Å². The molecule has 12 rings (SSSR count). The largest absolute Gasteiger partial charge is 0.456 e. The molecular formula is C54H41N5O. The van der Waals surface area contributed by atoms with E-state index >= 15 is 0 Å². The molecule has 7 aromatic carbocycles. The molecule has 1 aliphatic heterocycles. The lowest BCUT2D eigenvalue weighted by molar-refractivity contribution is 0.419. The lowest BCUT2D eigenvalue weighted by atomic mass is 9.72. The number of hydrogen-bond acceptors (Lipinski definition) is 4. The summed E-state index contributed by atoms with van der Waals surface area (Å²) in [6.45, 7) is 11.6. The lowest BCUT2D eigenvalue weighted by Gasteiger charge is -2.36. The van der Waals surface area contributed by atoms with Gasteiger partial charge in [0.2, 0.25) is 5.78 Å². The SMILES string of the molecule is CC(C)(C)c1cc2c(cc1-c1cccc3c1Oc1ccc(-n4c5ccccc5n5c6ccccc6nc45)cc1C3(C)C)-c1ccccc1-c1ncncc1-c1ccccc1-2. The maximum Gasteiger partial charge on any atom is 0.220 e. The van der Waals surface area contributed by atoms with Crippen LogP contribution < -0.4 is 4.74 Å². The summed E-state index contributed by atoms with van der Waals surface area (Å²) >= 11 is 0. The molecule has 0 fully saturated rings. The van der Waals surface area contributed by atoms with Gasteiger partial charge in [-0.1, -0.05) is 126 Å². The predicted octanol–water partition coefficient (Wildman–Crippen LogP) is 13.6. The first-order chi connectivity index (χ1) is 29.2. The van der Waals surface area contributed by atoms with Crippen molar-refractivity contribution >= 4 is 27.8 Å². The summed E-state index contributed by atoms with van der Waals surface area (Å²) in [5, 5.41) is 0. The molecule has 0 unspecified atom stereocenters. The van der Waals surface area contributed by atoms with E-state index in [1.165, 1.54) is 22.3 Å².